The van der Waals surface area contributed by atoms with Crippen LogP contribution in [0.2, 0.25) is 0 Å². The molecule has 1 unspecified atom stereocenters. The predicted molar refractivity (Wildman–Crippen MR) is 49.2 cm³/mol. The maximum Gasteiger partial charge on any atom is 1.00 e. The van der Waals surface area contributed by atoms with Crippen LogP contribution in [0.15, 0.2) is 0 Å². The number of hydrogen-bond acceptors (Lipinski definition) is 10. The Hall–Kier alpha value is 1.79. The van der Waals surface area contributed by atoms with Crippen molar-refractivity contribution in [3.8, 4) is 0 Å². The van der Waals surface area contributed by atoms with Crippen LogP contribution in [0.4, 0.5) is 0 Å². The van der Waals surface area contributed by atoms with E-state index in [0.717, 1.165) is 0 Å². The molecule has 0 saturated heterocycles. The first-order valence-electron chi connectivity index (χ1n) is 4.64. The second kappa shape index (κ2) is 21.1. The Morgan fingerprint density at radius 2 is 1.04 bits per heavy atom. The first kappa shape index (κ1) is 40.5. The first-order chi connectivity index (χ1) is 8.87. The molecule has 0 bridgehead atoms. The molecule has 0 saturated carbocycles. The average Bonchev–Trinajstić information content (AvgIpc) is 2.22. The molecule has 16 heteroatoms. The number of aliphatic carboxylic acids is 4. The predicted octanol–water partition coefficient (Wildman–Crippen LogP) is -18.6. The zero-order valence-corrected chi connectivity index (χ0v) is 22.5. The number of hydrogen-bond donors (Lipinski definition) is 1. The fourth-order valence-corrected chi connectivity index (χ4v) is 1.26. The van der Waals surface area contributed by atoms with Gasteiger partial charge in [0.2, 0.25) is 0 Å². The van der Waals surface area contributed by atoms with Crippen molar-refractivity contribution in [1.29, 1.82) is 0 Å². The van der Waals surface area contributed by atoms with E-state index >= 15 is 0 Å². The number of carbonyl (C=O) groups is 4. The first-order valence-corrected chi connectivity index (χ1v) is 6.15. The number of carboxylic acids is 4. The van der Waals surface area contributed by atoms with Crippen molar-refractivity contribution < 1.29 is 171 Å². The van der Waals surface area contributed by atoms with Gasteiger partial charge in [0.1, 0.15) is 5.25 Å². The summed E-state index contributed by atoms with van der Waals surface area (Å²) in [5.74, 6) is -6.81. The third-order valence-corrected chi connectivity index (χ3v) is 2.59. The van der Waals surface area contributed by atoms with Gasteiger partial charge in [-0.15, -0.1) is 0 Å². The van der Waals surface area contributed by atoms with Crippen LogP contribution in [-0.4, -0.2) is 42.1 Å². The van der Waals surface area contributed by atoms with Gasteiger partial charge in [-0.05, 0) is 12.8 Å². The van der Waals surface area contributed by atoms with Gasteiger partial charge in [-0.1, -0.05) is 0 Å². The molecule has 0 amide bonds. The molecule has 0 aromatic rings. The molecule has 1 atom stereocenters. The third-order valence-electron chi connectivity index (χ3n) is 1.51. The number of carboxylic acid groups (broad SMARTS) is 4. The smallest absolute Gasteiger partial charge is 0.550 e. The molecule has 0 aliphatic rings. The Bertz CT molecular complexity index is 478. The third kappa shape index (κ3) is 28.6. The quantitative estimate of drug-likeness (QED) is 0.310. The maximum atomic E-state index is 10.2. The van der Waals surface area contributed by atoms with Gasteiger partial charge in [-0.3, -0.25) is 4.55 Å². The summed E-state index contributed by atoms with van der Waals surface area (Å²) in [4.78, 5) is 38.7. The monoisotopic (exact) mass is 404 g/mol. The SMILES string of the molecule is O=C([O-])CC(C(=O)[O-])S(=O)(=O)O.O=C([O-])CCC(=O)[O-].[Na+].[Na+].[Na+].[Na+]. The molecule has 0 aromatic carbocycles. The minimum Gasteiger partial charge on any atom is -0.550 e. The van der Waals surface area contributed by atoms with Crippen molar-refractivity contribution in [1.82, 2.24) is 0 Å². The molecule has 0 radical (unpaired) electrons. The van der Waals surface area contributed by atoms with Crippen LogP contribution in [0.1, 0.15) is 19.3 Å². The van der Waals surface area contributed by atoms with Crippen molar-refractivity contribution in [2.45, 2.75) is 24.5 Å². The molecule has 24 heavy (non-hydrogen) atoms. The summed E-state index contributed by atoms with van der Waals surface area (Å²) in [6, 6.07) is 0. The minimum absolute atomic E-state index is 0. The molecule has 0 spiro atoms. The van der Waals surface area contributed by atoms with Crippen LogP contribution in [0.3, 0.4) is 0 Å². The Balaban J connectivity index is -0.0000000609. The standard InChI is InChI=1S/C4H6O7S.C4H6O4.4Na/c5-3(6)1-2(4(7)8)12(9,10)11;5-3(6)1-2-4(7)8;;;;/h2H,1H2,(H,5,6)(H,7,8)(H,9,10,11);1-2H2,(H,5,6)(H,7,8);;;;/q;;4*+1/p-4. The molecular weight excluding hydrogens is 396 g/mol. The van der Waals surface area contributed by atoms with E-state index in [1.807, 2.05) is 0 Å². The van der Waals surface area contributed by atoms with E-state index in [9.17, 15) is 48.0 Å². The summed E-state index contributed by atoms with van der Waals surface area (Å²) in [6.45, 7) is 0. The van der Waals surface area contributed by atoms with E-state index in [0.29, 0.717) is 0 Å². The Morgan fingerprint density at radius 3 is 1.12 bits per heavy atom. The molecule has 11 nitrogen and oxygen atoms in total. The zero-order chi connectivity index (χ0) is 16.5. The molecule has 0 heterocycles. The van der Waals surface area contributed by atoms with Gasteiger partial charge in [-0.2, -0.15) is 8.42 Å². The van der Waals surface area contributed by atoms with Crippen LogP contribution in [0, 0.1) is 0 Å². The number of rotatable bonds is 7. The number of carbonyl (C=O) groups excluding carboxylic acids is 4. The molecule has 0 aromatic heterocycles. The van der Waals surface area contributed by atoms with E-state index in [1.54, 1.807) is 0 Å². The molecule has 116 valence electrons. The summed E-state index contributed by atoms with van der Waals surface area (Å²) in [6.07, 6.45) is -2.27. The van der Waals surface area contributed by atoms with E-state index in [1.165, 1.54) is 0 Å². The summed E-state index contributed by atoms with van der Waals surface area (Å²) in [7, 11) is -4.94. The van der Waals surface area contributed by atoms with Crippen LogP contribution in [0.5, 0.6) is 0 Å². The Labute approximate surface area is 225 Å². The summed E-state index contributed by atoms with van der Waals surface area (Å²) in [5, 5.41) is 36.3. The second-order valence-electron chi connectivity index (χ2n) is 3.14. The van der Waals surface area contributed by atoms with E-state index in [2.05, 4.69) is 0 Å². The fraction of sp³-hybridized carbons (Fsp3) is 0.500. The van der Waals surface area contributed by atoms with Crippen LogP contribution >= 0.6 is 0 Å². The van der Waals surface area contributed by atoms with Gasteiger partial charge in [0, 0.05) is 24.3 Å². The maximum absolute atomic E-state index is 10.2. The molecule has 1 N–H and O–H groups in total. The van der Waals surface area contributed by atoms with Gasteiger partial charge >= 0.3 is 118 Å². The van der Waals surface area contributed by atoms with Crippen molar-refractivity contribution in [2.24, 2.45) is 0 Å². The van der Waals surface area contributed by atoms with Crippen molar-refractivity contribution in [3.05, 3.63) is 0 Å². The summed E-state index contributed by atoms with van der Waals surface area (Å²) < 4.78 is 28.5. The Kier molecular flexibility index (Phi) is 35.6. The summed E-state index contributed by atoms with van der Waals surface area (Å²) in [5.41, 5.74) is 0. The van der Waals surface area contributed by atoms with E-state index in [4.69, 9.17) is 4.55 Å². The van der Waals surface area contributed by atoms with E-state index < -0.39 is 58.5 Å². The summed E-state index contributed by atoms with van der Waals surface area (Å²) >= 11 is 0. The topological polar surface area (TPSA) is 215 Å². The zero-order valence-electron chi connectivity index (χ0n) is 13.6. The van der Waals surface area contributed by atoms with Gasteiger partial charge < -0.3 is 39.6 Å². The van der Waals surface area contributed by atoms with Crippen molar-refractivity contribution in [3.63, 3.8) is 0 Å². The minimum atomic E-state index is -4.94. The molecule has 0 aliphatic heterocycles. The molecular formula is C8H8Na4O11S. The van der Waals surface area contributed by atoms with Crippen LogP contribution in [0.25, 0.3) is 0 Å². The van der Waals surface area contributed by atoms with Crippen LogP contribution in [-0.2, 0) is 29.3 Å². The van der Waals surface area contributed by atoms with Gasteiger partial charge in [-0.25, -0.2) is 0 Å². The van der Waals surface area contributed by atoms with Gasteiger partial charge in [0.25, 0.3) is 10.1 Å². The molecule has 0 fully saturated rings. The normalized spacial score (nSPS) is 9.71. The fourth-order valence-electron chi connectivity index (χ4n) is 0.666. The van der Waals surface area contributed by atoms with Gasteiger partial charge in [0.15, 0.2) is 0 Å². The average molecular weight is 404 g/mol. The van der Waals surface area contributed by atoms with Crippen molar-refractivity contribution >= 4 is 34.0 Å². The molecule has 0 rings (SSSR count). The van der Waals surface area contributed by atoms with Gasteiger partial charge in [0.05, 0.1) is 5.97 Å². The van der Waals surface area contributed by atoms with Crippen LogP contribution < -0.4 is 139 Å². The molecule has 0 aliphatic carbocycles. The second-order valence-corrected chi connectivity index (χ2v) is 4.74. The van der Waals surface area contributed by atoms with Crippen molar-refractivity contribution in [2.75, 3.05) is 0 Å². The Morgan fingerprint density at radius 1 is 0.750 bits per heavy atom. The van der Waals surface area contributed by atoms with E-state index in [-0.39, 0.29) is 118 Å². The largest absolute Gasteiger partial charge is 1.00 e.